The van der Waals surface area contributed by atoms with Crippen LogP contribution >= 0.6 is 0 Å². The maximum absolute atomic E-state index is 15.1. The number of hydrogen-bond acceptors (Lipinski definition) is 25. The highest BCUT2D eigenvalue weighted by Crippen LogP contribution is 2.44. The maximum atomic E-state index is 15.1. The summed E-state index contributed by atoms with van der Waals surface area (Å²) in [5.41, 5.74) is 15.3. The molecule has 7 rings (SSSR count). The number of aliphatic carboxylic acids is 4. The number of ketones is 1. The average Bonchev–Trinajstić information content (AvgIpc) is 1.61. The van der Waals surface area contributed by atoms with Crippen LogP contribution in [-0.2, 0) is 102 Å². The summed E-state index contributed by atoms with van der Waals surface area (Å²) in [6.07, 6.45) is -1.48. The molecule has 45 heteroatoms. The number of carboxylic acids is 4. The van der Waals surface area contributed by atoms with Crippen molar-refractivity contribution in [3.8, 4) is 11.1 Å². The number of aliphatic hydroxyl groups excluding tert-OH is 1. The second-order valence-electron chi connectivity index (χ2n) is 33.2. The predicted molar refractivity (Wildman–Crippen MR) is 488 cm³/mol. The van der Waals surface area contributed by atoms with Gasteiger partial charge in [0.25, 0.3) is 0 Å². The van der Waals surface area contributed by atoms with Gasteiger partial charge in [0.1, 0.15) is 79.2 Å². The molecule has 1 heterocycles. The van der Waals surface area contributed by atoms with Gasteiger partial charge in [0, 0.05) is 43.1 Å². The smallest absolute Gasteiger partial charge is 0.407 e. The Hall–Kier alpha value is -15.2. The number of nitrogen functional groups attached to an aromatic ring is 1. The Bertz CT molecular complexity index is 5160. The van der Waals surface area contributed by atoms with Gasteiger partial charge in [0.05, 0.1) is 51.8 Å². The van der Waals surface area contributed by atoms with Crippen LogP contribution in [0.4, 0.5) is 15.3 Å². The number of amides is 16. The van der Waals surface area contributed by atoms with Crippen LogP contribution < -0.4 is 91.2 Å². The fourth-order valence-electron chi connectivity index (χ4n) is 15.2. The molecule has 13 atom stereocenters. The zero-order valence-corrected chi connectivity index (χ0v) is 76.0. The number of carbonyl (C=O) groups is 21. The standard InChI is InChI=1S/C92H119N17O28/c1-5-6-7-8-9-10-11-12-13-22-35-95-91(134)107-63(39-52-33-34-53-24-14-15-25-54(53)38-52)84(127)103-64(41-71(94)112)85(128)105-67(44-77(121)122)86(129)109-79-51(4)137-90(133)68(40-70(111)59-30-20-21-31-61(59)93)106-89(132)78(49(2)37-74(115)116)108-87(130)69(47-110)101-73(114)45-97-81(124)65(42-75(117)118)102-80(123)50(3)99-83(126)66(43-76(119)120)104-82(125)62(100-72(113)46-98-88(79)131)32-23-36-96-92(135)136-48-60-57-28-18-16-26-55(57)56-27-17-19-29-58(56)60/h14-21,24-31,33-34,38,49-51,60,62-69,78-79,110H,5-13,22-23,32,35-37,39-48,93H2,1-4H3,(H2,94,112)(H,96,135)(H,97,124)(H,98,131)(H,99,126)(H,100,113)(H,101,114)(H,102,123)(H,103,127)(H,104,125)(H,105,128)(H,106,132)(H,108,130)(H,109,129)(H,115,116)(H,117,118)(H,119,120)(H,121,122)(H2,95,107,134)/t49?,50?,51?,62?,63-,64-,65?,66?,67-,68?,69?,78?,79?/m0/s1. The van der Waals surface area contributed by atoms with E-state index in [0.717, 1.165) is 98.7 Å². The van der Waals surface area contributed by atoms with Crippen LogP contribution in [0.25, 0.3) is 21.9 Å². The minimum atomic E-state index is -2.51. The number of benzene rings is 5. The van der Waals surface area contributed by atoms with E-state index in [1.807, 2.05) is 70.5 Å². The Morgan fingerprint density at radius 3 is 1.61 bits per heavy atom. The predicted octanol–water partition coefficient (Wildman–Crippen LogP) is -0.407. The first-order valence-electron chi connectivity index (χ1n) is 44.8. The third-order valence-corrected chi connectivity index (χ3v) is 22.4. The van der Waals surface area contributed by atoms with E-state index in [9.17, 15) is 112 Å². The molecule has 1 aliphatic carbocycles. The number of fused-ring (bicyclic) bond motifs is 4. The number of unbranched alkanes of at least 4 members (excludes halogenated alkanes) is 9. The second-order valence-corrected chi connectivity index (χ2v) is 33.2. The molecule has 45 nitrogen and oxygen atoms in total. The number of nitrogens with two attached hydrogens (primary N) is 2. The van der Waals surface area contributed by atoms with Gasteiger partial charge in [-0.05, 0) is 89.8 Å². The van der Waals surface area contributed by atoms with Crippen molar-refractivity contribution in [1.82, 2.24) is 79.8 Å². The highest BCUT2D eigenvalue weighted by Gasteiger charge is 2.42. The van der Waals surface area contributed by atoms with Crippen molar-refractivity contribution >= 4 is 141 Å². The Morgan fingerprint density at radius 2 is 1.01 bits per heavy atom. The fourth-order valence-corrected chi connectivity index (χ4v) is 15.2. The number of urea groups is 1. The van der Waals surface area contributed by atoms with Crippen LogP contribution in [-0.4, -0.2) is 262 Å². The summed E-state index contributed by atoms with van der Waals surface area (Å²) < 4.78 is 11.4. The number of cyclic esters (lactones) is 1. The van der Waals surface area contributed by atoms with Crippen molar-refractivity contribution in [3.63, 3.8) is 0 Å². The van der Waals surface area contributed by atoms with E-state index in [1.165, 1.54) is 37.1 Å². The lowest BCUT2D eigenvalue weighted by Crippen LogP contribution is -2.62. The second kappa shape index (κ2) is 54.8. The number of aliphatic hydroxyl groups is 1. The quantitative estimate of drug-likeness (QED) is 0.0102. The van der Waals surface area contributed by atoms with Gasteiger partial charge in [-0.25, -0.2) is 14.4 Å². The molecule has 0 aromatic heterocycles. The lowest BCUT2D eigenvalue weighted by atomic mass is 9.96. The first-order chi connectivity index (χ1) is 65.2. The number of ether oxygens (including phenoxy) is 2. The first-order valence-corrected chi connectivity index (χ1v) is 44.8. The van der Waals surface area contributed by atoms with E-state index < -0.39 is 274 Å². The van der Waals surface area contributed by atoms with Gasteiger partial charge in [0.2, 0.25) is 76.8 Å². The highest BCUT2D eigenvalue weighted by molar-refractivity contribution is 6.05. The molecule has 1 fully saturated rings. The van der Waals surface area contributed by atoms with Crippen LogP contribution in [0.3, 0.4) is 0 Å². The van der Waals surface area contributed by atoms with Gasteiger partial charge in [-0.1, -0.05) is 175 Å². The number of alkyl carbamates (subject to hydrolysis) is 1. The number of rotatable bonds is 41. The maximum Gasteiger partial charge on any atom is 0.407 e. The lowest BCUT2D eigenvalue weighted by Gasteiger charge is -2.30. The SMILES string of the molecule is CCCCCCCCCCCCNC(=O)N[C@@H](Cc1ccc2ccccc2c1)C(=O)N[C@@H](CC(N)=O)C(=O)N[C@@H](CC(=O)O)C(=O)NC1C(=O)NCC(=O)NC(CCCNC(=O)OCC2c3ccccc3-c3ccccc32)C(=O)NC(CC(=O)O)C(=O)NC(C)C(=O)NC(CC(=O)O)C(=O)NCC(=O)NC(CO)C(=O)NC(C(C)CC(=O)O)C(=O)NC(CC(=O)c2ccccc2N)C(=O)OC1C. The number of anilines is 1. The Balaban J connectivity index is 1.25. The number of para-hydroxylation sites is 1. The first kappa shape index (κ1) is 109. The molecule has 5 aromatic rings. The van der Waals surface area contributed by atoms with E-state index in [0.29, 0.717) is 12.0 Å². The largest absolute Gasteiger partial charge is 0.481 e. The fraction of sp³-hybridized carbons (Fsp3) is 0.467. The van der Waals surface area contributed by atoms with Gasteiger partial charge in [-0.2, -0.15) is 0 Å². The summed E-state index contributed by atoms with van der Waals surface area (Å²) >= 11 is 0. The Kier molecular flexibility index (Phi) is 43.6. The molecule has 2 aliphatic rings. The molecule has 16 amide bonds. The number of primary amides is 1. The van der Waals surface area contributed by atoms with Crippen molar-refractivity contribution in [2.75, 3.05) is 45.1 Å². The molecule has 0 saturated carbocycles. The molecule has 10 unspecified atom stereocenters. The van der Waals surface area contributed by atoms with Gasteiger partial charge in [-0.15, -0.1) is 0 Å². The molecule has 0 bridgehead atoms. The lowest BCUT2D eigenvalue weighted by molar-refractivity contribution is -0.156. The normalized spacial score (nSPS) is 19.9. The molecule has 137 heavy (non-hydrogen) atoms. The Labute approximate surface area is 786 Å². The van der Waals surface area contributed by atoms with Crippen LogP contribution in [0.5, 0.6) is 0 Å². The number of Topliss-reactive ketones (excluding diaryl/α,β-unsaturated/α-hetero) is 1. The van der Waals surface area contributed by atoms with E-state index in [-0.39, 0.29) is 43.8 Å². The van der Waals surface area contributed by atoms with Crippen molar-refractivity contribution in [3.05, 3.63) is 138 Å². The van der Waals surface area contributed by atoms with Crippen molar-refractivity contribution in [1.29, 1.82) is 0 Å². The molecule has 740 valence electrons. The van der Waals surface area contributed by atoms with E-state index in [4.69, 9.17) is 20.9 Å². The van der Waals surface area contributed by atoms with Crippen molar-refractivity contribution in [2.45, 2.75) is 228 Å². The summed E-state index contributed by atoms with van der Waals surface area (Å²) in [6.45, 7) is 0.903. The topological polar surface area (TPSA) is 711 Å². The molecule has 0 spiro atoms. The molecule has 1 saturated heterocycles. The summed E-state index contributed by atoms with van der Waals surface area (Å²) in [4.78, 5) is 292. The zero-order valence-electron chi connectivity index (χ0n) is 76.0. The minimum Gasteiger partial charge on any atom is -0.481 e. The Morgan fingerprint density at radius 1 is 0.489 bits per heavy atom. The van der Waals surface area contributed by atoms with Gasteiger partial charge < -0.3 is 126 Å². The van der Waals surface area contributed by atoms with E-state index >= 15 is 14.4 Å². The number of carbonyl (C=O) groups excluding carboxylic acids is 17. The van der Waals surface area contributed by atoms with E-state index in [1.54, 1.807) is 36.4 Å². The molecule has 1 aliphatic heterocycles. The zero-order chi connectivity index (χ0) is 101. The van der Waals surface area contributed by atoms with E-state index in [2.05, 4.69) is 70.7 Å². The van der Waals surface area contributed by atoms with Gasteiger partial charge >= 0.3 is 42.0 Å². The summed E-state index contributed by atoms with van der Waals surface area (Å²) in [5, 5.41) is 85.8. The van der Waals surface area contributed by atoms with Crippen molar-refractivity contribution < 1.29 is 136 Å². The molecule has 5 aromatic carbocycles. The highest BCUT2D eigenvalue weighted by atomic mass is 16.6. The average molecular weight is 1910 g/mol. The minimum absolute atomic E-state index is 0.156. The third kappa shape index (κ3) is 35.6. The van der Waals surface area contributed by atoms with Crippen molar-refractivity contribution in [2.24, 2.45) is 11.7 Å². The summed E-state index contributed by atoms with van der Waals surface area (Å²) in [7, 11) is 0. The number of nitrogens with one attached hydrogen (secondary N) is 15. The van der Waals surface area contributed by atoms with Crippen LogP contribution in [0, 0.1) is 5.92 Å². The number of esters is 1. The summed E-state index contributed by atoms with van der Waals surface area (Å²) in [5.74, 6) is -30.2. The third-order valence-electron chi connectivity index (χ3n) is 22.4. The molecule has 0 radical (unpaired) electrons. The van der Waals surface area contributed by atoms with Gasteiger partial charge in [-0.3, -0.25) is 86.3 Å². The van der Waals surface area contributed by atoms with Crippen LogP contribution in [0.2, 0.25) is 0 Å². The number of carboxylic acid groups (broad SMARTS) is 4. The molecular weight excluding hydrogens is 1790 g/mol. The summed E-state index contributed by atoms with van der Waals surface area (Å²) in [6, 6.07) is 8.21. The van der Waals surface area contributed by atoms with Gasteiger partial charge in [0.15, 0.2) is 5.78 Å². The monoisotopic (exact) mass is 1910 g/mol. The molecule has 24 N–H and O–H groups in total. The van der Waals surface area contributed by atoms with Crippen LogP contribution in [0.15, 0.2) is 115 Å². The van der Waals surface area contributed by atoms with Crippen LogP contribution in [0.1, 0.15) is 176 Å². The molecular formula is C92H119N17O28. The number of hydrogen-bond donors (Lipinski definition) is 22.